The molecule has 0 aromatic carbocycles. The third-order valence-electron chi connectivity index (χ3n) is 0. The summed E-state index contributed by atoms with van der Waals surface area (Å²) in [5.41, 5.74) is 0. The molecule has 0 amide bonds. The maximum atomic E-state index is 9.75. The first-order chi connectivity index (χ1) is 2.00. The van der Waals surface area contributed by atoms with Crippen LogP contribution in [-0.4, -0.2) is 40.1 Å². The van der Waals surface area contributed by atoms with Crippen molar-refractivity contribution >= 4 is 7.25 Å². The van der Waals surface area contributed by atoms with Gasteiger partial charge in [0.15, 0.2) is 0 Å². The molecule has 89 valence electrons. The molecule has 6 nitrogen and oxygen atoms in total. The number of halogens is 4. The van der Waals surface area contributed by atoms with E-state index >= 15 is 0 Å². The molecule has 0 aliphatic carbocycles. The molecule has 0 saturated carbocycles. The Labute approximate surface area is 76.6 Å². The summed E-state index contributed by atoms with van der Waals surface area (Å²) in [6.45, 7) is 0. The van der Waals surface area contributed by atoms with E-state index in [0.717, 1.165) is 0 Å². The van der Waals surface area contributed by atoms with Crippen LogP contribution in [0.2, 0.25) is 0 Å². The summed E-state index contributed by atoms with van der Waals surface area (Å²) >= 11 is 0. The van der Waals surface area contributed by atoms with Crippen molar-refractivity contribution < 1.29 is 68.3 Å². The molecular formula is H13BCoF4O6. The van der Waals surface area contributed by atoms with E-state index in [1.165, 1.54) is 0 Å². The van der Waals surface area contributed by atoms with Gasteiger partial charge >= 0.3 is 8.68 Å². The zero-order chi connectivity index (χ0) is 4.50. The van der Waals surface area contributed by atoms with Crippen molar-refractivity contribution in [2.45, 2.75) is 0 Å². The molecule has 0 fully saturated rings. The molecule has 0 atom stereocenters. The molecule has 0 bridgehead atoms. The van der Waals surface area contributed by atoms with Crippen molar-refractivity contribution in [3.8, 4) is 0 Å². The van der Waals surface area contributed by atoms with Crippen molar-refractivity contribution in [2.75, 3.05) is 0 Å². The largest absolute Gasteiger partial charge is 1.00 e. The predicted molar refractivity (Wildman–Crippen MR) is 33.0 cm³/mol. The van der Waals surface area contributed by atoms with Crippen LogP contribution in [0, 0.1) is 0 Å². The minimum atomic E-state index is -6.00. The zero-order valence-corrected chi connectivity index (χ0v) is 6.46. The molecule has 0 aliphatic heterocycles. The molecule has 0 aliphatic rings. The second-order valence-electron chi connectivity index (χ2n) is 0.495. The maximum absolute atomic E-state index is 9.75. The molecule has 0 aromatic heterocycles. The summed E-state index contributed by atoms with van der Waals surface area (Å²) in [7, 11) is -6.00. The van der Waals surface area contributed by atoms with Gasteiger partial charge in [-0.2, -0.15) is 0 Å². The Morgan fingerprint density at radius 3 is 0.583 bits per heavy atom. The standard InChI is InChI=1S/BF4.Co.6H2O/c2-1(3,4)5;;;;;;;/h;;6*1H2/q-1;;;;;;;/p+1. The predicted octanol–water partition coefficient (Wildman–Crippen LogP) is -3.54. The summed E-state index contributed by atoms with van der Waals surface area (Å²) < 4.78 is 39.0. The smallest absolute Gasteiger partial charge is 0.418 e. The van der Waals surface area contributed by atoms with Gasteiger partial charge in [0, 0.05) is 16.8 Å². The molecule has 12 N–H and O–H groups in total. The van der Waals surface area contributed by atoms with E-state index < -0.39 is 7.25 Å². The van der Waals surface area contributed by atoms with Crippen LogP contribution in [0.5, 0.6) is 0 Å². The third kappa shape index (κ3) is 311000. The Morgan fingerprint density at radius 1 is 0.583 bits per heavy atom. The first-order valence-corrected chi connectivity index (χ1v) is 0.873. The average molecular weight is 255 g/mol. The van der Waals surface area contributed by atoms with Crippen molar-refractivity contribution in [3.63, 3.8) is 0 Å². The van der Waals surface area contributed by atoms with Crippen LogP contribution < -0.4 is 0 Å². The molecule has 0 spiro atoms. The molecule has 0 rings (SSSR count). The summed E-state index contributed by atoms with van der Waals surface area (Å²) in [5.74, 6) is 0. The van der Waals surface area contributed by atoms with Crippen LogP contribution in [0.3, 0.4) is 0 Å². The van der Waals surface area contributed by atoms with Gasteiger partial charge in [0.25, 0.3) is 0 Å². The van der Waals surface area contributed by atoms with Gasteiger partial charge in [-0.05, 0) is 0 Å². The topological polar surface area (TPSA) is 189 Å². The molecule has 0 aromatic rings. The van der Waals surface area contributed by atoms with Crippen LogP contribution in [0.4, 0.5) is 17.3 Å². The number of hydrogen-bond acceptors (Lipinski definition) is 0. The van der Waals surface area contributed by atoms with Gasteiger partial charge in [-0.1, -0.05) is 0 Å². The monoisotopic (exact) mass is 255 g/mol. The Balaban J connectivity index is -0.00000000286. The van der Waals surface area contributed by atoms with E-state index in [-0.39, 0.29) is 51.1 Å². The van der Waals surface area contributed by atoms with Gasteiger partial charge in [0.2, 0.25) is 0 Å². The summed E-state index contributed by atoms with van der Waals surface area (Å²) in [6.07, 6.45) is 0. The summed E-state index contributed by atoms with van der Waals surface area (Å²) in [4.78, 5) is 0. The van der Waals surface area contributed by atoms with Crippen molar-refractivity contribution in [3.05, 3.63) is 0 Å². The summed E-state index contributed by atoms with van der Waals surface area (Å²) in [5, 5.41) is 0. The Hall–Kier alpha value is 0.0514. The number of rotatable bonds is 0. The second kappa shape index (κ2) is 30.5. The van der Waals surface area contributed by atoms with E-state index in [9.17, 15) is 17.3 Å². The van der Waals surface area contributed by atoms with Crippen LogP contribution in [0.1, 0.15) is 1.43 Å². The van der Waals surface area contributed by atoms with E-state index in [4.69, 9.17) is 0 Å². The minimum absolute atomic E-state index is 0. The van der Waals surface area contributed by atoms with Gasteiger partial charge in [0.1, 0.15) is 0 Å². The second-order valence-corrected chi connectivity index (χ2v) is 0.495. The molecule has 0 saturated heterocycles. The molecule has 12 heteroatoms. The first-order valence-electron chi connectivity index (χ1n) is 0.873. The molecule has 12 heavy (non-hydrogen) atoms. The Bertz CT molecular complexity index is 40.1. The van der Waals surface area contributed by atoms with Crippen LogP contribution in [0.25, 0.3) is 0 Å². The molecule has 0 heterocycles. The quantitative estimate of drug-likeness (QED) is 0.306. The van der Waals surface area contributed by atoms with Crippen molar-refractivity contribution in [1.82, 2.24) is 0 Å². The van der Waals surface area contributed by atoms with E-state index in [1.54, 1.807) is 0 Å². The molecular weight excluding hydrogens is 242 g/mol. The maximum Gasteiger partial charge on any atom is 1.00 e. The van der Waals surface area contributed by atoms with E-state index in [1.807, 2.05) is 0 Å². The minimum Gasteiger partial charge on any atom is -0.418 e. The first kappa shape index (κ1) is 89.7. The van der Waals surface area contributed by atoms with E-state index in [0.29, 0.717) is 0 Å². The molecule has 0 unspecified atom stereocenters. The van der Waals surface area contributed by atoms with Crippen LogP contribution in [-0.2, 0) is 16.8 Å². The van der Waals surface area contributed by atoms with Gasteiger partial charge in [-0.3, -0.25) is 0 Å². The fourth-order valence-corrected chi connectivity index (χ4v) is 0. The third-order valence-corrected chi connectivity index (χ3v) is 0. The average Bonchev–Trinajstić information content (AvgIpc) is 0.722. The van der Waals surface area contributed by atoms with Gasteiger partial charge in [0.05, 0.1) is 0 Å². The Morgan fingerprint density at radius 2 is 0.583 bits per heavy atom. The van der Waals surface area contributed by atoms with Gasteiger partial charge in [-0.25, -0.2) is 0 Å². The van der Waals surface area contributed by atoms with Gasteiger partial charge < -0.3 is 50.1 Å². The zero-order valence-electron chi connectivity index (χ0n) is 6.42. The fraction of sp³-hybridized carbons (Fsp3) is 0. The normalized spacial score (nSPS) is 5.00. The Kier molecular flexibility index (Phi) is 228. The van der Waals surface area contributed by atoms with Crippen LogP contribution in [0.15, 0.2) is 0 Å². The van der Waals surface area contributed by atoms with E-state index in [2.05, 4.69) is 0 Å². The van der Waals surface area contributed by atoms with Crippen molar-refractivity contribution in [2.24, 2.45) is 0 Å². The fourth-order valence-electron chi connectivity index (χ4n) is 0. The van der Waals surface area contributed by atoms with Crippen LogP contribution >= 0.6 is 0 Å². The van der Waals surface area contributed by atoms with Crippen molar-refractivity contribution in [1.29, 1.82) is 0 Å². The SMILES string of the molecule is F[B-](F)(F)F.O.O.O.O.O.O.[Co].[H+]. The number of hydrogen-bond donors (Lipinski definition) is 0. The van der Waals surface area contributed by atoms with Gasteiger partial charge in [-0.15, -0.1) is 0 Å². The summed E-state index contributed by atoms with van der Waals surface area (Å²) in [6, 6.07) is 0. The molecule has 1 radical (unpaired) electrons.